The van der Waals surface area contributed by atoms with Crippen LogP contribution in [0.5, 0.6) is 11.5 Å². The lowest BCUT2D eigenvalue weighted by Crippen LogP contribution is -2.44. The van der Waals surface area contributed by atoms with Crippen LogP contribution in [0, 0.1) is 5.92 Å². The van der Waals surface area contributed by atoms with Gasteiger partial charge in [0, 0.05) is 52.3 Å². The Bertz CT molecular complexity index is 1500. The van der Waals surface area contributed by atoms with Gasteiger partial charge in [0.05, 0.1) is 14.2 Å². The maximum absolute atomic E-state index is 13.9. The van der Waals surface area contributed by atoms with Gasteiger partial charge in [-0.05, 0) is 59.9 Å². The van der Waals surface area contributed by atoms with Crippen molar-refractivity contribution in [3.63, 3.8) is 0 Å². The van der Waals surface area contributed by atoms with Gasteiger partial charge in [0.15, 0.2) is 11.5 Å². The third kappa shape index (κ3) is 7.75. The molecular weight excluding hydrogens is 561 g/mol. The summed E-state index contributed by atoms with van der Waals surface area (Å²) in [6.07, 6.45) is 2.63. The standard InChI is InChI=1S/C32H35Cl2N3O4/c1-21(2)18-37(32(39)24-14-25(33)16-26(34)15-24)20-31(38)36(19-22-9-10-29(40-3)30(13-22)41-4)12-11-23-17-35-28-8-6-5-7-27(23)28/h5-10,13-17,21,35H,11-12,18-20H2,1-4H3. The van der Waals surface area contributed by atoms with Gasteiger partial charge in [-0.25, -0.2) is 0 Å². The minimum Gasteiger partial charge on any atom is -0.493 e. The number of halogens is 2. The predicted molar refractivity (Wildman–Crippen MR) is 164 cm³/mol. The Balaban J connectivity index is 1.60. The summed E-state index contributed by atoms with van der Waals surface area (Å²) in [7, 11) is 3.17. The molecule has 0 unspecified atom stereocenters. The second kappa shape index (κ2) is 13.8. The number of methoxy groups -OCH3 is 2. The SMILES string of the molecule is COc1ccc(CN(CCc2c[nH]c3ccccc23)C(=O)CN(CC(C)C)C(=O)c2cc(Cl)cc(Cl)c2)cc1OC. The highest BCUT2D eigenvalue weighted by Gasteiger charge is 2.24. The minimum atomic E-state index is -0.292. The molecule has 216 valence electrons. The van der Waals surface area contributed by atoms with E-state index < -0.39 is 0 Å². The molecule has 3 aromatic carbocycles. The van der Waals surface area contributed by atoms with Crippen LogP contribution in [0.3, 0.4) is 0 Å². The Morgan fingerprint density at radius 1 is 0.902 bits per heavy atom. The van der Waals surface area contributed by atoms with Crippen molar-refractivity contribution in [1.29, 1.82) is 0 Å². The quantitative estimate of drug-likeness (QED) is 0.194. The number of nitrogens with zero attached hydrogens (tertiary/aromatic N) is 2. The first kappa shape index (κ1) is 30.3. The molecular formula is C32H35Cl2N3O4. The molecule has 0 spiro atoms. The summed E-state index contributed by atoms with van der Waals surface area (Å²) in [5.41, 5.74) is 3.41. The number of hydrogen-bond acceptors (Lipinski definition) is 4. The molecule has 0 saturated carbocycles. The molecule has 4 rings (SSSR count). The Kier molecular flexibility index (Phi) is 10.2. The molecule has 0 fully saturated rings. The molecule has 0 aliphatic heterocycles. The zero-order chi connectivity index (χ0) is 29.5. The summed E-state index contributed by atoms with van der Waals surface area (Å²) in [6, 6.07) is 18.4. The van der Waals surface area contributed by atoms with Crippen molar-refractivity contribution in [2.75, 3.05) is 33.9 Å². The number of hydrogen-bond donors (Lipinski definition) is 1. The largest absolute Gasteiger partial charge is 0.493 e. The average molecular weight is 597 g/mol. The van der Waals surface area contributed by atoms with Crippen LogP contribution in [0.1, 0.15) is 35.3 Å². The average Bonchev–Trinajstić information content (AvgIpc) is 3.36. The fourth-order valence-electron chi connectivity index (χ4n) is 4.87. The molecule has 1 aromatic heterocycles. The second-order valence-electron chi connectivity index (χ2n) is 10.4. The van der Waals surface area contributed by atoms with Crippen LogP contribution in [0.4, 0.5) is 0 Å². The number of aromatic amines is 1. The lowest BCUT2D eigenvalue weighted by atomic mass is 10.1. The highest BCUT2D eigenvalue weighted by atomic mass is 35.5. The summed E-state index contributed by atoms with van der Waals surface area (Å²) in [4.78, 5) is 34.1. The van der Waals surface area contributed by atoms with Crippen molar-refractivity contribution in [1.82, 2.24) is 14.8 Å². The summed E-state index contributed by atoms with van der Waals surface area (Å²) in [6.45, 7) is 5.14. The van der Waals surface area contributed by atoms with E-state index in [-0.39, 0.29) is 24.3 Å². The van der Waals surface area contributed by atoms with Gasteiger partial charge in [-0.1, -0.05) is 61.3 Å². The Morgan fingerprint density at radius 3 is 2.29 bits per heavy atom. The first-order chi connectivity index (χ1) is 19.7. The molecule has 0 atom stereocenters. The molecule has 9 heteroatoms. The van der Waals surface area contributed by atoms with Crippen LogP contribution in [0.25, 0.3) is 10.9 Å². The molecule has 41 heavy (non-hydrogen) atoms. The van der Waals surface area contributed by atoms with Gasteiger partial charge in [-0.2, -0.15) is 0 Å². The van der Waals surface area contributed by atoms with Crippen molar-refractivity contribution in [3.05, 3.63) is 93.6 Å². The molecule has 2 amide bonds. The summed E-state index contributed by atoms with van der Waals surface area (Å²) >= 11 is 12.4. The Morgan fingerprint density at radius 2 is 1.61 bits per heavy atom. The van der Waals surface area contributed by atoms with Gasteiger partial charge < -0.3 is 24.3 Å². The first-order valence-corrected chi connectivity index (χ1v) is 14.2. The molecule has 1 heterocycles. The summed E-state index contributed by atoms with van der Waals surface area (Å²) < 4.78 is 10.9. The third-order valence-corrected chi connectivity index (χ3v) is 7.24. The van der Waals surface area contributed by atoms with E-state index in [1.165, 1.54) is 0 Å². The van der Waals surface area contributed by atoms with Crippen LogP contribution in [-0.4, -0.2) is 60.5 Å². The zero-order valence-electron chi connectivity index (χ0n) is 23.7. The molecule has 1 N–H and O–H groups in total. The van der Waals surface area contributed by atoms with Crippen LogP contribution in [0.2, 0.25) is 10.0 Å². The van der Waals surface area contributed by atoms with Gasteiger partial charge in [0.2, 0.25) is 5.91 Å². The fraction of sp³-hybridized carbons (Fsp3) is 0.312. The number of para-hydroxylation sites is 1. The zero-order valence-corrected chi connectivity index (χ0v) is 25.3. The molecule has 0 radical (unpaired) electrons. The van der Waals surface area contributed by atoms with Gasteiger partial charge in [0.1, 0.15) is 6.54 Å². The van der Waals surface area contributed by atoms with Crippen molar-refractivity contribution in [3.8, 4) is 11.5 Å². The molecule has 0 aliphatic rings. The van der Waals surface area contributed by atoms with E-state index in [4.69, 9.17) is 32.7 Å². The van der Waals surface area contributed by atoms with Crippen molar-refractivity contribution in [2.45, 2.75) is 26.8 Å². The number of nitrogens with one attached hydrogen (secondary N) is 1. The molecule has 0 bridgehead atoms. The summed E-state index contributed by atoms with van der Waals surface area (Å²) in [5.74, 6) is 0.887. The minimum absolute atomic E-state index is 0.0810. The third-order valence-electron chi connectivity index (χ3n) is 6.81. The van der Waals surface area contributed by atoms with Gasteiger partial charge in [-0.15, -0.1) is 0 Å². The molecule has 0 aliphatic carbocycles. The maximum atomic E-state index is 13.9. The number of fused-ring (bicyclic) bond motifs is 1. The highest BCUT2D eigenvalue weighted by molar-refractivity contribution is 6.35. The van der Waals surface area contributed by atoms with E-state index in [0.717, 1.165) is 22.0 Å². The molecule has 0 saturated heterocycles. The number of carbonyl (C=O) groups is 2. The first-order valence-electron chi connectivity index (χ1n) is 13.5. The fourth-order valence-corrected chi connectivity index (χ4v) is 5.39. The van der Waals surface area contributed by atoms with Crippen LogP contribution in [0.15, 0.2) is 66.9 Å². The van der Waals surface area contributed by atoms with E-state index in [9.17, 15) is 9.59 Å². The van der Waals surface area contributed by atoms with Crippen LogP contribution < -0.4 is 9.47 Å². The van der Waals surface area contributed by atoms with E-state index in [0.29, 0.717) is 53.2 Å². The van der Waals surface area contributed by atoms with Gasteiger partial charge in [-0.3, -0.25) is 9.59 Å². The van der Waals surface area contributed by atoms with Crippen molar-refractivity contribution < 1.29 is 19.1 Å². The number of benzene rings is 3. The number of rotatable bonds is 12. The number of carbonyl (C=O) groups excluding carboxylic acids is 2. The second-order valence-corrected chi connectivity index (χ2v) is 11.2. The lowest BCUT2D eigenvalue weighted by molar-refractivity contribution is -0.132. The van der Waals surface area contributed by atoms with Crippen molar-refractivity contribution in [2.24, 2.45) is 5.92 Å². The molecule has 4 aromatic rings. The van der Waals surface area contributed by atoms with E-state index in [2.05, 4.69) is 11.1 Å². The normalized spacial score (nSPS) is 11.1. The van der Waals surface area contributed by atoms with Gasteiger partial charge in [0.25, 0.3) is 5.91 Å². The number of H-pyrrole nitrogens is 1. The highest BCUT2D eigenvalue weighted by Crippen LogP contribution is 2.28. The maximum Gasteiger partial charge on any atom is 0.254 e. The monoisotopic (exact) mass is 595 g/mol. The Labute approximate surface area is 250 Å². The number of ether oxygens (including phenoxy) is 2. The van der Waals surface area contributed by atoms with Crippen LogP contribution >= 0.6 is 23.2 Å². The van der Waals surface area contributed by atoms with E-state index in [1.54, 1.807) is 42.2 Å². The smallest absolute Gasteiger partial charge is 0.254 e. The van der Waals surface area contributed by atoms with Crippen LogP contribution in [-0.2, 0) is 17.8 Å². The van der Waals surface area contributed by atoms with E-state index >= 15 is 0 Å². The van der Waals surface area contributed by atoms with E-state index in [1.807, 2.05) is 56.4 Å². The molecule has 7 nitrogen and oxygen atoms in total. The predicted octanol–water partition coefficient (Wildman–Crippen LogP) is 6.86. The van der Waals surface area contributed by atoms with Gasteiger partial charge >= 0.3 is 0 Å². The van der Waals surface area contributed by atoms with Crippen molar-refractivity contribution >= 4 is 45.9 Å². The topological polar surface area (TPSA) is 74.9 Å². The summed E-state index contributed by atoms with van der Waals surface area (Å²) in [5, 5.41) is 1.86. The lowest BCUT2D eigenvalue weighted by Gasteiger charge is -2.29. The number of aromatic nitrogens is 1. The number of amides is 2. The Hall–Kier alpha value is -3.68.